The van der Waals surface area contributed by atoms with Crippen molar-refractivity contribution < 1.29 is 32.4 Å². The molecule has 5 aliphatic rings. The van der Waals surface area contributed by atoms with E-state index in [1.807, 2.05) is 6.92 Å². The monoisotopic (exact) mass is 743 g/mol. The van der Waals surface area contributed by atoms with Gasteiger partial charge < -0.3 is 26.2 Å². The number of nitrogens with zero attached hydrogens (tertiary/aromatic N) is 1. The molecule has 52 heavy (non-hydrogen) atoms. The summed E-state index contributed by atoms with van der Waals surface area (Å²) in [7, 11) is -3.57. The molecule has 1 aliphatic heterocycles. The third kappa shape index (κ3) is 8.47. The highest BCUT2D eigenvalue weighted by molar-refractivity contribution is 7.92. The van der Waals surface area contributed by atoms with Crippen LogP contribution in [0, 0.1) is 35.0 Å². The Morgan fingerprint density at radius 3 is 2.06 bits per heavy atom. The summed E-state index contributed by atoms with van der Waals surface area (Å²) in [6.07, 6.45) is 15.2. The largest absolute Gasteiger partial charge is 0.347 e. The van der Waals surface area contributed by atoms with Crippen LogP contribution in [0.1, 0.15) is 131 Å². The number of carbonyl (C=O) groups is 5. The molecular weight excluding hydrogens is 683 g/mol. The van der Waals surface area contributed by atoms with Gasteiger partial charge in [0.25, 0.3) is 5.91 Å². The Balaban J connectivity index is 1.39. The number of Topliss-reactive ketones (excluding diaryl/α,β-unsaturated/α-hetero) is 1. The maximum atomic E-state index is 14.9. The molecule has 4 saturated carbocycles. The zero-order valence-electron chi connectivity index (χ0n) is 32.1. The Hall–Kier alpha value is -3.14. The number of amides is 5. The number of urea groups is 1. The molecule has 12 nitrogen and oxygen atoms in total. The first kappa shape index (κ1) is 40.1. The first-order chi connectivity index (χ1) is 24.3. The van der Waals surface area contributed by atoms with Crippen molar-refractivity contribution in [2.75, 3.05) is 12.3 Å². The lowest BCUT2D eigenvalue weighted by molar-refractivity contribution is -0.146. The van der Waals surface area contributed by atoms with Crippen LogP contribution in [-0.4, -0.2) is 89.6 Å². The molecule has 4 aliphatic carbocycles. The van der Waals surface area contributed by atoms with E-state index in [0.717, 1.165) is 51.4 Å². The number of piperidine rings is 1. The first-order valence-corrected chi connectivity index (χ1v) is 21.1. The van der Waals surface area contributed by atoms with Gasteiger partial charge in [0.15, 0.2) is 9.84 Å². The Labute approximate surface area is 310 Å². The van der Waals surface area contributed by atoms with Crippen molar-refractivity contribution >= 4 is 39.4 Å². The minimum absolute atomic E-state index is 0.0323. The van der Waals surface area contributed by atoms with E-state index in [2.05, 4.69) is 41.0 Å². The SMILES string of the molecule is C#CCCC(NC(=O)[C@@H]1[C@@H]2C(CN1C(=O)[C@@H](NC(=O)NC1(CS(=O)(=O)C(C)(C)C)CCCCC1)C1(C)CCCCC1)C2(C)C)C(=O)C(=O)NC1CC1. The van der Waals surface area contributed by atoms with Gasteiger partial charge in [-0.25, -0.2) is 13.2 Å². The molecular formula is C39H61N5O7S. The standard InChI is InChI=1S/C39H61N5O7S/c1-8-9-16-27(30(45)33(47)40-25-17-18-25)41-32(46)29-28-26(37(28,5)6)23-44(29)34(48)31(38(7)19-12-10-13-20-38)42-35(49)43-39(21-14-11-15-22-39)24-52(50,51)36(2,3)4/h1,25-29,31H,9-24H2,2-7H3,(H,40,47)(H,41,46)(H2,42,43,49)/t26?,27?,28-,29-,31+/m0/s1. The van der Waals surface area contributed by atoms with E-state index in [9.17, 15) is 32.4 Å². The highest BCUT2D eigenvalue weighted by Gasteiger charge is 2.70. The summed E-state index contributed by atoms with van der Waals surface area (Å²) in [5.41, 5.74) is -1.77. The number of likely N-dealkylation sites (tertiary alicyclic amines) is 1. The summed E-state index contributed by atoms with van der Waals surface area (Å²) < 4.78 is 25.9. The molecule has 0 aromatic rings. The maximum absolute atomic E-state index is 14.9. The predicted molar refractivity (Wildman–Crippen MR) is 198 cm³/mol. The molecule has 5 amide bonds. The van der Waals surface area contributed by atoms with Crippen LogP contribution < -0.4 is 21.3 Å². The molecule has 13 heteroatoms. The van der Waals surface area contributed by atoms with Crippen LogP contribution in [0.15, 0.2) is 0 Å². The highest BCUT2D eigenvalue weighted by atomic mass is 32.2. The van der Waals surface area contributed by atoms with E-state index in [0.29, 0.717) is 32.2 Å². The van der Waals surface area contributed by atoms with E-state index in [-0.39, 0.29) is 47.8 Å². The Bertz CT molecular complexity index is 1560. The van der Waals surface area contributed by atoms with Crippen molar-refractivity contribution in [3.05, 3.63) is 0 Å². The van der Waals surface area contributed by atoms with Crippen LogP contribution in [0.25, 0.3) is 0 Å². The molecule has 4 N–H and O–H groups in total. The molecule has 0 aromatic carbocycles. The van der Waals surface area contributed by atoms with Gasteiger partial charge in [0, 0.05) is 19.0 Å². The molecule has 1 saturated heterocycles. The van der Waals surface area contributed by atoms with Crippen LogP contribution in [0.5, 0.6) is 0 Å². The van der Waals surface area contributed by atoms with Crippen molar-refractivity contribution in [1.29, 1.82) is 0 Å². The van der Waals surface area contributed by atoms with Gasteiger partial charge in [-0.2, -0.15) is 0 Å². The summed E-state index contributed by atoms with van der Waals surface area (Å²) in [5.74, 6) is -0.182. The summed E-state index contributed by atoms with van der Waals surface area (Å²) in [6, 6.07) is -3.61. The molecule has 0 spiro atoms. The second-order valence-corrected chi connectivity index (χ2v) is 21.0. The number of terminal acetylenes is 1. The predicted octanol–water partition coefficient (Wildman–Crippen LogP) is 3.77. The topological polar surface area (TPSA) is 171 Å². The average molecular weight is 744 g/mol. The van der Waals surface area contributed by atoms with Gasteiger partial charge >= 0.3 is 6.03 Å². The summed E-state index contributed by atoms with van der Waals surface area (Å²) in [6.45, 7) is 11.5. The summed E-state index contributed by atoms with van der Waals surface area (Å²) in [4.78, 5) is 70.7. The molecule has 0 radical (unpaired) electrons. The van der Waals surface area contributed by atoms with Crippen LogP contribution in [-0.2, 0) is 29.0 Å². The number of hydrogen-bond donors (Lipinski definition) is 4. The Morgan fingerprint density at radius 1 is 0.904 bits per heavy atom. The maximum Gasteiger partial charge on any atom is 0.315 e. The van der Waals surface area contributed by atoms with Crippen LogP contribution >= 0.6 is 0 Å². The van der Waals surface area contributed by atoms with Gasteiger partial charge in [0.1, 0.15) is 12.1 Å². The summed E-state index contributed by atoms with van der Waals surface area (Å²) in [5, 5.41) is 11.6. The Kier molecular flexibility index (Phi) is 11.5. The number of sulfone groups is 1. The van der Waals surface area contributed by atoms with Crippen LogP contribution in [0.4, 0.5) is 4.79 Å². The van der Waals surface area contributed by atoms with Crippen molar-refractivity contribution in [3.8, 4) is 12.3 Å². The molecule has 5 fully saturated rings. The lowest BCUT2D eigenvalue weighted by Gasteiger charge is -2.44. The quantitative estimate of drug-likeness (QED) is 0.164. The molecule has 5 rings (SSSR count). The lowest BCUT2D eigenvalue weighted by atomic mass is 9.70. The van der Waals surface area contributed by atoms with Gasteiger partial charge in [-0.1, -0.05) is 59.3 Å². The fraction of sp³-hybridized carbons (Fsp3) is 0.821. The molecule has 1 heterocycles. The molecule has 2 unspecified atom stereocenters. The minimum Gasteiger partial charge on any atom is -0.347 e. The second-order valence-electron chi connectivity index (χ2n) is 18.3. The van der Waals surface area contributed by atoms with Crippen LogP contribution in [0.3, 0.4) is 0 Å². The first-order valence-electron chi connectivity index (χ1n) is 19.5. The van der Waals surface area contributed by atoms with Crippen molar-refractivity contribution in [2.24, 2.45) is 22.7 Å². The van der Waals surface area contributed by atoms with E-state index >= 15 is 0 Å². The fourth-order valence-corrected chi connectivity index (χ4v) is 10.6. The zero-order chi connectivity index (χ0) is 38.3. The lowest BCUT2D eigenvalue weighted by Crippen LogP contribution is -2.65. The van der Waals surface area contributed by atoms with Crippen molar-refractivity contribution in [1.82, 2.24) is 26.2 Å². The minimum atomic E-state index is -3.57. The number of fused-ring (bicyclic) bond motifs is 1. The molecule has 5 atom stereocenters. The van der Waals surface area contributed by atoms with Gasteiger partial charge in [-0.3, -0.25) is 19.2 Å². The third-order valence-corrected chi connectivity index (χ3v) is 15.7. The number of hydrogen-bond acceptors (Lipinski definition) is 7. The van der Waals surface area contributed by atoms with Gasteiger partial charge in [0.05, 0.1) is 22.1 Å². The number of nitrogens with one attached hydrogen (secondary N) is 4. The Morgan fingerprint density at radius 2 is 1.50 bits per heavy atom. The zero-order valence-corrected chi connectivity index (χ0v) is 32.9. The van der Waals surface area contributed by atoms with Crippen LogP contribution in [0.2, 0.25) is 0 Å². The van der Waals surface area contributed by atoms with E-state index in [4.69, 9.17) is 6.42 Å². The molecule has 290 valence electrons. The second kappa shape index (κ2) is 14.9. The third-order valence-electron chi connectivity index (χ3n) is 12.9. The summed E-state index contributed by atoms with van der Waals surface area (Å²) >= 11 is 0. The molecule has 0 bridgehead atoms. The van der Waals surface area contributed by atoms with E-state index < -0.39 is 67.3 Å². The van der Waals surface area contributed by atoms with Gasteiger partial charge in [-0.15, -0.1) is 12.3 Å². The molecule has 0 aromatic heterocycles. The van der Waals surface area contributed by atoms with Crippen molar-refractivity contribution in [2.45, 2.75) is 166 Å². The highest BCUT2D eigenvalue weighted by Crippen LogP contribution is 2.65. The number of rotatable bonds is 13. The number of carbonyl (C=O) groups excluding carboxylic acids is 5. The average Bonchev–Trinajstić information content (AvgIpc) is 3.92. The van der Waals surface area contributed by atoms with E-state index in [1.165, 1.54) is 0 Å². The van der Waals surface area contributed by atoms with Crippen molar-refractivity contribution in [3.63, 3.8) is 0 Å². The fourth-order valence-electron chi connectivity index (χ4n) is 9.08. The van der Waals surface area contributed by atoms with Gasteiger partial charge in [0.2, 0.25) is 17.6 Å². The van der Waals surface area contributed by atoms with E-state index in [1.54, 1.807) is 25.7 Å². The smallest absolute Gasteiger partial charge is 0.315 e. The van der Waals surface area contributed by atoms with Gasteiger partial charge in [-0.05, 0) is 88.4 Å². The normalized spacial score (nSPS) is 27.2. The number of ketones is 1.